The number of halogens is 1. The maximum atomic E-state index is 12.6. The molecule has 5 heterocycles. The first-order valence-electron chi connectivity index (χ1n) is 15.4. The lowest BCUT2D eigenvalue weighted by molar-refractivity contribution is -0.0722. The number of para-hydroxylation sites is 1. The van der Waals surface area contributed by atoms with Crippen LogP contribution in [0.3, 0.4) is 0 Å². The number of benzene rings is 2. The predicted molar refractivity (Wildman–Crippen MR) is 180 cm³/mol. The van der Waals surface area contributed by atoms with Crippen molar-refractivity contribution in [2.45, 2.75) is 44.6 Å². The van der Waals surface area contributed by atoms with Crippen LogP contribution in [0.1, 0.15) is 58.0 Å². The van der Waals surface area contributed by atoms with Gasteiger partial charge < -0.3 is 23.5 Å². The van der Waals surface area contributed by atoms with Crippen molar-refractivity contribution in [3.8, 4) is 17.2 Å². The maximum Gasteiger partial charge on any atom is 0.338 e. The van der Waals surface area contributed by atoms with Gasteiger partial charge in [0.2, 0.25) is 0 Å². The maximum absolute atomic E-state index is 12.6. The van der Waals surface area contributed by atoms with E-state index in [4.69, 9.17) is 35.5 Å². The number of aromatic nitrogens is 4. The van der Waals surface area contributed by atoms with Crippen LogP contribution in [-0.4, -0.2) is 57.2 Å². The Hall–Kier alpha value is -4.45. The molecule has 0 bridgehead atoms. The zero-order chi connectivity index (χ0) is 32.5. The molecule has 5 aromatic rings. The fourth-order valence-corrected chi connectivity index (χ4v) is 7.02. The molecule has 0 spiro atoms. The van der Waals surface area contributed by atoms with Crippen molar-refractivity contribution in [3.05, 3.63) is 106 Å². The summed E-state index contributed by atoms with van der Waals surface area (Å²) < 4.78 is 26.0. The molecule has 2 aliphatic heterocycles. The Morgan fingerprint density at radius 3 is 2.74 bits per heavy atom. The molecule has 47 heavy (non-hydrogen) atoms. The minimum absolute atomic E-state index is 0.289. The Morgan fingerprint density at radius 2 is 2.02 bits per heavy atom. The summed E-state index contributed by atoms with van der Waals surface area (Å²) >= 11 is 7.65. The van der Waals surface area contributed by atoms with Crippen LogP contribution in [-0.2, 0) is 23.6 Å². The number of hydrogen-bond donors (Lipinski definition) is 0. The second kappa shape index (κ2) is 13.0. The van der Waals surface area contributed by atoms with Crippen molar-refractivity contribution >= 4 is 39.9 Å². The third kappa shape index (κ3) is 6.18. The van der Waals surface area contributed by atoms with Gasteiger partial charge in [0.15, 0.2) is 11.5 Å². The van der Waals surface area contributed by atoms with Crippen LogP contribution in [0.15, 0.2) is 73.0 Å². The Labute approximate surface area is 281 Å². The number of rotatable bonds is 10. The van der Waals surface area contributed by atoms with Gasteiger partial charge in [-0.1, -0.05) is 36.4 Å². The van der Waals surface area contributed by atoms with Gasteiger partial charge in [0.05, 0.1) is 41.8 Å². The lowest BCUT2D eigenvalue weighted by atomic mass is 9.88. The van der Waals surface area contributed by atoms with E-state index in [-0.39, 0.29) is 6.61 Å². The van der Waals surface area contributed by atoms with Gasteiger partial charge in [-0.15, -0.1) is 11.3 Å². The highest BCUT2D eigenvalue weighted by atomic mass is 35.5. The number of imidazole rings is 1. The minimum Gasteiger partial charge on any atom is -0.487 e. The molecule has 0 N–H and O–H groups in total. The summed E-state index contributed by atoms with van der Waals surface area (Å²) in [4.78, 5) is 29.9. The van der Waals surface area contributed by atoms with Gasteiger partial charge in [-0.05, 0) is 62.2 Å². The van der Waals surface area contributed by atoms with E-state index in [9.17, 15) is 4.79 Å². The first-order chi connectivity index (χ1) is 22.8. The number of methoxy groups -OCH3 is 1. The van der Waals surface area contributed by atoms with Gasteiger partial charge in [0.25, 0.3) is 5.79 Å². The zero-order valence-corrected chi connectivity index (χ0v) is 27.7. The number of fused-ring (bicyclic) bond motifs is 2. The van der Waals surface area contributed by atoms with Gasteiger partial charge in [0.1, 0.15) is 29.4 Å². The Bertz CT molecular complexity index is 1920. The minimum atomic E-state index is -1.02. The summed E-state index contributed by atoms with van der Waals surface area (Å²) in [6.07, 6.45) is 7.04. The molecule has 7 rings (SSSR count). The third-order valence-electron chi connectivity index (χ3n) is 8.67. The summed E-state index contributed by atoms with van der Waals surface area (Å²) in [6.45, 7) is 8.92. The summed E-state index contributed by atoms with van der Waals surface area (Å²) in [5.41, 5.74) is 5.54. The first kappa shape index (κ1) is 31.2. The van der Waals surface area contributed by atoms with Crippen molar-refractivity contribution in [1.82, 2.24) is 24.4 Å². The average molecular weight is 672 g/mol. The van der Waals surface area contributed by atoms with E-state index in [0.29, 0.717) is 46.6 Å². The second-order valence-corrected chi connectivity index (χ2v) is 13.2. The Morgan fingerprint density at radius 1 is 1.17 bits per heavy atom. The third-order valence-corrected chi connectivity index (χ3v) is 9.66. The van der Waals surface area contributed by atoms with E-state index in [1.807, 2.05) is 42.9 Å². The quantitative estimate of drug-likeness (QED) is 0.115. The number of hydrogen-bond acceptors (Lipinski definition) is 10. The fourth-order valence-electron chi connectivity index (χ4n) is 6.33. The topological polar surface area (TPSA) is 101 Å². The SMILES string of the molecule is C=CCOc1cc(C(=O)OC)cc2c1nc(CN1CCC(c3cccc4c3O[C@@](C)(c3ccc(Cl)cn3)O4)CC1)n2Cc1cncs1. The fraction of sp³-hybridized carbons (Fsp3) is 0.314. The number of carbonyl (C=O) groups excluding carboxylic acids is 1. The molecule has 242 valence electrons. The van der Waals surface area contributed by atoms with Crippen molar-refractivity contribution in [2.24, 2.45) is 0 Å². The molecule has 1 fully saturated rings. The largest absolute Gasteiger partial charge is 0.487 e. The van der Waals surface area contributed by atoms with E-state index in [2.05, 4.69) is 32.1 Å². The number of thiazole rings is 1. The molecular formula is C35H34ClN5O5S. The molecule has 0 saturated carbocycles. The van der Waals surface area contributed by atoms with Crippen molar-refractivity contribution in [3.63, 3.8) is 0 Å². The molecule has 0 aliphatic carbocycles. The number of nitrogens with zero attached hydrogens (tertiary/aromatic N) is 5. The summed E-state index contributed by atoms with van der Waals surface area (Å²) in [7, 11) is 1.37. The lowest BCUT2D eigenvalue weighted by Crippen LogP contribution is -2.34. The molecule has 1 atom stereocenters. The zero-order valence-electron chi connectivity index (χ0n) is 26.1. The van der Waals surface area contributed by atoms with E-state index in [1.165, 1.54) is 7.11 Å². The Balaban J connectivity index is 1.13. The van der Waals surface area contributed by atoms with Crippen LogP contribution in [0.4, 0.5) is 0 Å². The van der Waals surface area contributed by atoms with Crippen molar-refractivity contribution in [2.75, 3.05) is 26.8 Å². The van der Waals surface area contributed by atoms with Crippen LogP contribution >= 0.6 is 22.9 Å². The van der Waals surface area contributed by atoms with Gasteiger partial charge in [-0.3, -0.25) is 14.9 Å². The van der Waals surface area contributed by atoms with Crippen LogP contribution in [0.5, 0.6) is 17.2 Å². The number of pyridine rings is 1. The smallest absolute Gasteiger partial charge is 0.338 e. The van der Waals surface area contributed by atoms with Crippen LogP contribution in [0.25, 0.3) is 11.0 Å². The van der Waals surface area contributed by atoms with Crippen LogP contribution < -0.4 is 14.2 Å². The Kier molecular flexibility index (Phi) is 8.61. The van der Waals surface area contributed by atoms with Crippen molar-refractivity contribution < 1.29 is 23.7 Å². The lowest BCUT2D eigenvalue weighted by Gasteiger charge is -2.32. The van der Waals surface area contributed by atoms with Crippen molar-refractivity contribution in [1.29, 1.82) is 0 Å². The standard InChI is InChI=1S/C35H34ClN5O5S/c1-4-14-44-29-16-23(34(42)43-3)15-27-32(29)39-31(41(27)19-25-18-37-21-47-25)20-40-12-10-22(11-13-40)26-6-5-7-28-33(26)46-35(2,45-28)30-9-8-24(36)17-38-30/h4-9,15-18,21-22H,1,10-14,19-20H2,2-3H3/t35-/m0/s1. The molecule has 10 nitrogen and oxygen atoms in total. The summed E-state index contributed by atoms with van der Waals surface area (Å²) in [5.74, 6) is 1.77. The van der Waals surface area contributed by atoms with E-state index in [1.54, 1.807) is 35.7 Å². The number of ether oxygens (including phenoxy) is 4. The number of carbonyl (C=O) groups is 1. The molecule has 12 heteroatoms. The molecule has 1 saturated heterocycles. The van der Waals surface area contributed by atoms with Crippen LogP contribution in [0, 0.1) is 0 Å². The highest BCUT2D eigenvalue weighted by molar-refractivity contribution is 7.09. The van der Waals surface area contributed by atoms with E-state index in [0.717, 1.165) is 59.2 Å². The molecule has 2 aromatic carbocycles. The molecular weight excluding hydrogens is 638 g/mol. The molecule has 0 unspecified atom stereocenters. The molecule has 3 aromatic heterocycles. The monoisotopic (exact) mass is 671 g/mol. The summed E-state index contributed by atoms with van der Waals surface area (Å²) in [6, 6.07) is 13.3. The highest BCUT2D eigenvalue weighted by Gasteiger charge is 2.42. The van der Waals surface area contributed by atoms with E-state index >= 15 is 0 Å². The summed E-state index contributed by atoms with van der Waals surface area (Å²) in [5, 5.41) is 0.562. The highest BCUT2D eigenvalue weighted by Crippen LogP contribution is 2.49. The van der Waals surface area contributed by atoms with Gasteiger partial charge >= 0.3 is 5.97 Å². The second-order valence-electron chi connectivity index (χ2n) is 11.8. The molecule has 0 radical (unpaired) electrons. The molecule has 2 aliphatic rings. The average Bonchev–Trinajstić information content (AvgIpc) is 3.82. The number of likely N-dealkylation sites (tertiary alicyclic amines) is 1. The molecule has 0 amide bonds. The normalized spacial score (nSPS) is 18.0. The van der Waals surface area contributed by atoms with Gasteiger partial charge in [0, 0.05) is 29.8 Å². The van der Waals surface area contributed by atoms with E-state index < -0.39 is 11.8 Å². The number of esters is 1. The first-order valence-corrected chi connectivity index (χ1v) is 16.7. The van der Waals surface area contributed by atoms with Crippen LogP contribution in [0.2, 0.25) is 5.02 Å². The number of piperidine rings is 1. The predicted octanol–water partition coefficient (Wildman–Crippen LogP) is 6.96. The van der Waals surface area contributed by atoms with Gasteiger partial charge in [-0.2, -0.15) is 0 Å². The van der Waals surface area contributed by atoms with Gasteiger partial charge in [-0.25, -0.2) is 9.78 Å².